The molecule has 0 amide bonds. The molecule has 2 fully saturated rings. The Morgan fingerprint density at radius 2 is 1.10 bits per heavy atom. The minimum absolute atomic E-state index is 0.323. The number of ether oxygens (including phenoxy) is 2. The Balaban J connectivity index is 1.31. The molecule has 5 aliphatic rings. The van der Waals surface area contributed by atoms with Crippen molar-refractivity contribution in [2.45, 2.75) is 89.1 Å². The monoisotopic (exact) mass is 420 g/mol. The Bertz CT molecular complexity index is 793. The van der Waals surface area contributed by atoms with Crippen molar-refractivity contribution in [3.05, 3.63) is 35.4 Å². The van der Waals surface area contributed by atoms with Gasteiger partial charge in [-0.25, -0.2) is 9.98 Å². The van der Waals surface area contributed by atoms with Crippen molar-refractivity contribution in [3.63, 3.8) is 0 Å². The molecule has 0 radical (unpaired) electrons. The molecule has 166 valence electrons. The standard InChI is InChI=1S/C27H36N2O2/c1-3-9-19(10-4-1)23-17-30-25(28-23)27(15-21-13-7-8-14-22(21)16-27)26-29-24(18-31-26)20-11-5-2-6-12-20/h7-8,13-14,19-20,23-24H,1-6,9-12,15-18H2/t23-,24-/m0/s1. The van der Waals surface area contributed by atoms with E-state index in [-0.39, 0.29) is 5.41 Å². The van der Waals surface area contributed by atoms with Crippen molar-refractivity contribution in [1.29, 1.82) is 0 Å². The minimum atomic E-state index is -0.323. The third kappa shape index (κ3) is 3.60. The maximum absolute atomic E-state index is 6.42. The van der Waals surface area contributed by atoms with E-state index in [0.717, 1.165) is 37.9 Å². The van der Waals surface area contributed by atoms with E-state index in [4.69, 9.17) is 19.5 Å². The SMILES string of the molecule is c1ccc2c(c1)CC(C1=N[C@H](C3CCCCC3)CO1)(C1=N[C@H](C3CCCCC3)CO1)C2. The molecule has 3 aliphatic carbocycles. The van der Waals surface area contributed by atoms with Gasteiger partial charge in [0.1, 0.15) is 18.6 Å². The lowest BCUT2D eigenvalue weighted by Crippen LogP contribution is -2.41. The lowest BCUT2D eigenvalue weighted by Gasteiger charge is -2.27. The second-order valence-electron chi connectivity index (χ2n) is 10.6. The van der Waals surface area contributed by atoms with Crippen LogP contribution in [0.5, 0.6) is 0 Å². The summed E-state index contributed by atoms with van der Waals surface area (Å²) in [5.74, 6) is 3.21. The fourth-order valence-corrected chi connectivity index (χ4v) is 6.83. The second-order valence-corrected chi connectivity index (χ2v) is 10.6. The third-order valence-electron chi connectivity index (χ3n) is 8.66. The Morgan fingerprint density at radius 3 is 1.55 bits per heavy atom. The fourth-order valence-electron chi connectivity index (χ4n) is 6.83. The molecule has 0 spiro atoms. The van der Waals surface area contributed by atoms with E-state index in [1.165, 1.54) is 75.3 Å². The lowest BCUT2D eigenvalue weighted by atomic mass is 9.82. The van der Waals surface area contributed by atoms with E-state index in [1.807, 2.05) is 0 Å². The molecule has 31 heavy (non-hydrogen) atoms. The zero-order valence-corrected chi connectivity index (χ0v) is 18.7. The van der Waals surface area contributed by atoms with Gasteiger partial charge in [0, 0.05) is 0 Å². The summed E-state index contributed by atoms with van der Waals surface area (Å²) in [6, 6.07) is 9.48. The highest BCUT2D eigenvalue weighted by atomic mass is 16.5. The molecular weight excluding hydrogens is 384 g/mol. The van der Waals surface area contributed by atoms with E-state index in [1.54, 1.807) is 0 Å². The zero-order valence-electron chi connectivity index (χ0n) is 18.7. The molecule has 2 saturated carbocycles. The van der Waals surface area contributed by atoms with Crippen LogP contribution in [0.3, 0.4) is 0 Å². The second kappa shape index (κ2) is 8.26. The van der Waals surface area contributed by atoms with Crippen LogP contribution in [0.2, 0.25) is 0 Å². The van der Waals surface area contributed by atoms with Crippen molar-refractivity contribution in [1.82, 2.24) is 0 Å². The van der Waals surface area contributed by atoms with Crippen molar-refractivity contribution in [3.8, 4) is 0 Å². The molecular formula is C27H36N2O2. The molecule has 1 aromatic carbocycles. The number of hydrogen-bond acceptors (Lipinski definition) is 4. The molecule has 0 saturated heterocycles. The van der Waals surface area contributed by atoms with Gasteiger partial charge < -0.3 is 9.47 Å². The normalized spacial score (nSPS) is 31.0. The molecule has 2 atom stereocenters. The van der Waals surface area contributed by atoms with Gasteiger partial charge in [0.2, 0.25) is 0 Å². The average molecular weight is 421 g/mol. The highest BCUT2D eigenvalue weighted by Crippen LogP contribution is 2.45. The molecule has 2 heterocycles. The predicted molar refractivity (Wildman–Crippen MR) is 124 cm³/mol. The lowest BCUT2D eigenvalue weighted by molar-refractivity contribution is 0.215. The summed E-state index contributed by atoms with van der Waals surface area (Å²) in [7, 11) is 0. The topological polar surface area (TPSA) is 43.2 Å². The molecule has 2 aliphatic heterocycles. The van der Waals surface area contributed by atoms with E-state index < -0.39 is 0 Å². The van der Waals surface area contributed by atoms with Crippen LogP contribution in [-0.2, 0) is 22.3 Å². The summed E-state index contributed by atoms with van der Waals surface area (Å²) in [5, 5.41) is 0. The molecule has 0 bridgehead atoms. The number of benzene rings is 1. The maximum Gasteiger partial charge on any atom is 0.200 e. The van der Waals surface area contributed by atoms with Gasteiger partial charge in [-0.15, -0.1) is 0 Å². The van der Waals surface area contributed by atoms with Crippen molar-refractivity contribution >= 4 is 11.8 Å². The van der Waals surface area contributed by atoms with Crippen LogP contribution >= 0.6 is 0 Å². The highest BCUT2D eigenvalue weighted by Gasteiger charge is 2.53. The average Bonchev–Trinajstić information content (AvgIpc) is 3.59. The predicted octanol–water partition coefficient (Wildman–Crippen LogP) is 5.53. The van der Waals surface area contributed by atoms with Gasteiger partial charge in [0.15, 0.2) is 11.8 Å². The van der Waals surface area contributed by atoms with Crippen LogP contribution in [0.15, 0.2) is 34.3 Å². The summed E-state index contributed by atoms with van der Waals surface area (Å²) in [6.07, 6.45) is 15.2. The molecule has 0 N–H and O–H groups in total. The van der Waals surface area contributed by atoms with Gasteiger partial charge in [-0.2, -0.15) is 0 Å². The van der Waals surface area contributed by atoms with Gasteiger partial charge in [0.05, 0.1) is 12.1 Å². The summed E-state index contributed by atoms with van der Waals surface area (Å²) < 4.78 is 12.8. The first-order valence-corrected chi connectivity index (χ1v) is 12.8. The number of aliphatic imine (C=N–C) groups is 2. The summed E-state index contributed by atoms with van der Waals surface area (Å²) in [5.41, 5.74) is 2.49. The fraction of sp³-hybridized carbons (Fsp3) is 0.704. The Hall–Kier alpha value is -1.84. The first kappa shape index (κ1) is 19.8. The Morgan fingerprint density at radius 1 is 0.645 bits per heavy atom. The number of fused-ring (bicyclic) bond motifs is 1. The first-order chi connectivity index (χ1) is 15.3. The molecule has 4 nitrogen and oxygen atoms in total. The largest absolute Gasteiger partial charge is 0.478 e. The third-order valence-corrected chi connectivity index (χ3v) is 8.66. The van der Waals surface area contributed by atoms with Gasteiger partial charge in [-0.1, -0.05) is 62.8 Å². The highest BCUT2D eigenvalue weighted by molar-refractivity contribution is 6.07. The summed E-state index contributed by atoms with van der Waals surface area (Å²) in [4.78, 5) is 10.5. The zero-order chi connectivity index (χ0) is 20.7. The summed E-state index contributed by atoms with van der Waals surface area (Å²) >= 11 is 0. The van der Waals surface area contributed by atoms with Crippen molar-refractivity contribution in [2.75, 3.05) is 13.2 Å². The van der Waals surface area contributed by atoms with Crippen LogP contribution in [-0.4, -0.2) is 37.1 Å². The summed E-state index contributed by atoms with van der Waals surface area (Å²) in [6.45, 7) is 1.49. The van der Waals surface area contributed by atoms with Crippen LogP contribution in [0.25, 0.3) is 0 Å². The number of nitrogens with zero attached hydrogens (tertiary/aromatic N) is 2. The van der Waals surface area contributed by atoms with Crippen LogP contribution < -0.4 is 0 Å². The quantitative estimate of drug-likeness (QED) is 0.643. The van der Waals surface area contributed by atoms with Gasteiger partial charge >= 0.3 is 0 Å². The first-order valence-electron chi connectivity index (χ1n) is 12.8. The maximum atomic E-state index is 6.42. The number of hydrogen-bond donors (Lipinski definition) is 0. The van der Waals surface area contributed by atoms with Gasteiger partial charge in [-0.3, -0.25) is 0 Å². The molecule has 0 aromatic heterocycles. The van der Waals surface area contributed by atoms with E-state index in [2.05, 4.69) is 24.3 Å². The van der Waals surface area contributed by atoms with Gasteiger partial charge in [0.25, 0.3) is 0 Å². The molecule has 6 rings (SSSR count). The Labute approximate surface area is 186 Å². The Kier molecular flexibility index (Phi) is 5.28. The van der Waals surface area contributed by atoms with E-state index in [9.17, 15) is 0 Å². The van der Waals surface area contributed by atoms with Crippen LogP contribution in [0, 0.1) is 17.3 Å². The van der Waals surface area contributed by atoms with E-state index >= 15 is 0 Å². The number of rotatable bonds is 4. The van der Waals surface area contributed by atoms with E-state index in [0.29, 0.717) is 23.9 Å². The molecule has 1 aromatic rings. The minimum Gasteiger partial charge on any atom is -0.478 e. The van der Waals surface area contributed by atoms with Crippen LogP contribution in [0.4, 0.5) is 0 Å². The van der Waals surface area contributed by atoms with Crippen LogP contribution in [0.1, 0.15) is 75.3 Å². The van der Waals surface area contributed by atoms with Crippen molar-refractivity contribution in [2.24, 2.45) is 27.2 Å². The van der Waals surface area contributed by atoms with Gasteiger partial charge in [-0.05, 0) is 61.5 Å². The smallest absolute Gasteiger partial charge is 0.200 e. The van der Waals surface area contributed by atoms with Crippen molar-refractivity contribution < 1.29 is 9.47 Å². The molecule has 4 heteroatoms. The molecule has 0 unspecified atom stereocenters.